The average Bonchev–Trinajstić information content (AvgIpc) is 3.21. The number of rotatable bonds is 6. The molecule has 2 aromatic rings. The van der Waals surface area contributed by atoms with E-state index in [1.54, 1.807) is 22.7 Å². The Kier molecular flexibility index (Phi) is 5.77. The number of carboxylic acid groups (broad SMARTS) is 1. The van der Waals surface area contributed by atoms with E-state index in [4.69, 9.17) is 0 Å². The van der Waals surface area contributed by atoms with Crippen molar-refractivity contribution in [1.82, 2.24) is 5.32 Å². The lowest BCUT2D eigenvalue weighted by Crippen LogP contribution is -2.45. The second-order valence-corrected chi connectivity index (χ2v) is 8.72. The van der Waals surface area contributed by atoms with Crippen LogP contribution in [-0.4, -0.2) is 24.2 Å². The van der Waals surface area contributed by atoms with Crippen molar-refractivity contribution >= 4 is 34.2 Å². The predicted molar refractivity (Wildman–Crippen MR) is 107 cm³/mol. The van der Waals surface area contributed by atoms with Gasteiger partial charge in [0.15, 0.2) is 0 Å². The van der Waals surface area contributed by atoms with Gasteiger partial charge in [-0.1, -0.05) is 6.08 Å². The van der Waals surface area contributed by atoms with Crippen LogP contribution in [0.2, 0.25) is 0 Å². The van der Waals surface area contributed by atoms with E-state index in [2.05, 4.69) is 48.1 Å². The van der Waals surface area contributed by atoms with Crippen molar-refractivity contribution in [2.75, 3.05) is 13.1 Å². The van der Waals surface area contributed by atoms with E-state index < -0.39 is 11.4 Å². The second-order valence-electron chi connectivity index (χ2n) is 6.89. The Balaban J connectivity index is 1.86. The van der Waals surface area contributed by atoms with Gasteiger partial charge in [-0.2, -0.15) is 0 Å². The summed E-state index contributed by atoms with van der Waals surface area (Å²) in [4.78, 5) is 14.5. The van der Waals surface area contributed by atoms with Gasteiger partial charge < -0.3 is 10.4 Å². The van der Waals surface area contributed by atoms with Crippen molar-refractivity contribution in [1.29, 1.82) is 0 Å². The van der Waals surface area contributed by atoms with Crippen LogP contribution in [0, 0.1) is 19.3 Å². The van der Waals surface area contributed by atoms with Gasteiger partial charge in [0.2, 0.25) is 0 Å². The zero-order valence-electron chi connectivity index (χ0n) is 14.8. The molecule has 1 saturated heterocycles. The standard InChI is InChI=1S/C20H25NO2S2/c1-14-6-11-24-17(14)16(18-15(2)7-12-25-18)5-3-8-20(19(22)23)9-4-10-21-13-20/h5-7,11-12,21H,3-4,8-10,13H2,1-2H3,(H,22,23). The van der Waals surface area contributed by atoms with Crippen molar-refractivity contribution in [3.8, 4) is 0 Å². The van der Waals surface area contributed by atoms with Crippen molar-refractivity contribution in [2.24, 2.45) is 5.41 Å². The normalized spacial score (nSPS) is 20.4. The Bertz CT molecular complexity index is 724. The molecule has 3 nitrogen and oxygen atoms in total. The Hall–Kier alpha value is -1.43. The quantitative estimate of drug-likeness (QED) is 0.739. The Morgan fingerprint density at radius 1 is 1.24 bits per heavy atom. The lowest BCUT2D eigenvalue weighted by Gasteiger charge is -2.33. The number of allylic oxidation sites excluding steroid dienone is 1. The average molecular weight is 376 g/mol. The molecule has 0 aliphatic carbocycles. The zero-order valence-corrected chi connectivity index (χ0v) is 16.4. The van der Waals surface area contributed by atoms with E-state index in [1.165, 1.54) is 26.5 Å². The van der Waals surface area contributed by atoms with Crippen LogP contribution in [0.25, 0.3) is 5.57 Å². The van der Waals surface area contributed by atoms with Crippen LogP contribution in [0.3, 0.4) is 0 Å². The van der Waals surface area contributed by atoms with Gasteiger partial charge in [0.05, 0.1) is 5.41 Å². The van der Waals surface area contributed by atoms with E-state index in [0.29, 0.717) is 13.0 Å². The van der Waals surface area contributed by atoms with Crippen LogP contribution in [0.4, 0.5) is 0 Å². The first kappa shape index (κ1) is 18.4. The largest absolute Gasteiger partial charge is 0.481 e. The number of hydrogen-bond acceptors (Lipinski definition) is 4. The maximum absolute atomic E-state index is 11.9. The lowest BCUT2D eigenvalue weighted by atomic mass is 9.77. The molecule has 1 atom stereocenters. The highest BCUT2D eigenvalue weighted by Gasteiger charge is 2.38. The Morgan fingerprint density at radius 3 is 2.32 bits per heavy atom. The van der Waals surface area contributed by atoms with Crippen LogP contribution in [0.1, 0.15) is 46.6 Å². The summed E-state index contributed by atoms with van der Waals surface area (Å²) in [5.41, 5.74) is 3.23. The van der Waals surface area contributed by atoms with Crippen LogP contribution in [0.5, 0.6) is 0 Å². The van der Waals surface area contributed by atoms with Crippen LogP contribution in [0.15, 0.2) is 29.0 Å². The molecule has 2 aromatic heterocycles. The third-order valence-electron chi connectivity index (χ3n) is 5.11. The number of aliphatic carboxylic acids is 1. The summed E-state index contributed by atoms with van der Waals surface area (Å²) in [5.74, 6) is -0.658. The number of hydrogen-bond donors (Lipinski definition) is 2. The molecule has 0 saturated carbocycles. The fourth-order valence-electron chi connectivity index (χ4n) is 3.55. The van der Waals surface area contributed by atoms with Gasteiger partial charge in [-0.15, -0.1) is 22.7 Å². The zero-order chi connectivity index (χ0) is 17.9. The van der Waals surface area contributed by atoms with Gasteiger partial charge in [-0.05, 0) is 80.1 Å². The fourth-order valence-corrected chi connectivity index (χ4v) is 5.56. The number of nitrogens with one attached hydrogen (secondary N) is 1. The highest BCUT2D eigenvalue weighted by molar-refractivity contribution is 7.14. The summed E-state index contributed by atoms with van der Waals surface area (Å²) in [6, 6.07) is 4.31. The summed E-state index contributed by atoms with van der Waals surface area (Å²) in [6.07, 6.45) is 5.45. The van der Waals surface area contributed by atoms with Gasteiger partial charge >= 0.3 is 5.97 Å². The lowest BCUT2D eigenvalue weighted by molar-refractivity contribution is -0.150. The molecule has 0 bridgehead atoms. The van der Waals surface area contributed by atoms with Crippen molar-refractivity contribution in [3.63, 3.8) is 0 Å². The smallest absolute Gasteiger partial charge is 0.310 e. The first-order valence-corrected chi connectivity index (χ1v) is 10.5. The molecule has 1 fully saturated rings. The van der Waals surface area contributed by atoms with Crippen LogP contribution < -0.4 is 5.32 Å². The minimum Gasteiger partial charge on any atom is -0.481 e. The molecule has 0 amide bonds. The Morgan fingerprint density at radius 2 is 1.88 bits per heavy atom. The summed E-state index contributed by atoms with van der Waals surface area (Å²) in [6.45, 7) is 5.80. The minimum absolute atomic E-state index is 0.585. The highest BCUT2D eigenvalue weighted by atomic mass is 32.1. The van der Waals surface area contributed by atoms with E-state index in [1.807, 2.05) is 0 Å². The maximum atomic E-state index is 11.9. The first-order chi connectivity index (χ1) is 12.0. The molecule has 5 heteroatoms. The molecule has 1 aliphatic heterocycles. The van der Waals surface area contributed by atoms with Gasteiger partial charge in [-0.25, -0.2) is 0 Å². The van der Waals surface area contributed by atoms with Gasteiger partial charge in [0.1, 0.15) is 0 Å². The predicted octanol–water partition coefficient (Wildman–Crippen LogP) is 5.09. The number of aryl methyl sites for hydroxylation is 2. The number of carboxylic acids is 1. The number of piperidine rings is 1. The fraction of sp³-hybridized carbons (Fsp3) is 0.450. The highest BCUT2D eigenvalue weighted by Crippen LogP contribution is 2.37. The van der Waals surface area contributed by atoms with Gasteiger partial charge in [0, 0.05) is 21.9 Å². The second kappa shape index (κ2) is 7.85. The molecule has 0 spiro atoms. The minimum atomic E-state index is -0.658. The van der Waals surface area contributed by atoms with Gasteiger partial charge in [-0.3, -0.25) is 4.79 Å². The maximum Gasteiger partial charge on any atom is 0.310 e. The van der Waals surface area contributed by atoms with E-state index in [-0.39, 0.29) is 0 Å². The summed E-state index contributed by atoms with van der Waals surface area (Å²) in [5, 5.41) is 17.3. The van der Waals surface area contributed by atoms with Crippen molar-refractivity contribution in [2.45, 2.75) is 39.5 Å². The molecule has 25 heavy (non-hydrogen) atoms. The van der Waals surface area contributed by atoms with Crippen molar-refractivity contribution < 1.29 is 9.90 Å². The molecule has 2 N–H and O–H groups in total. The number of carbonyl (C=O) groups is 1. The molecule has 3 heterocycles. The molecule has 3 rings (SSSR count). The van der Waals surface area contributed by atoms with E-state index in [0.717, 1.165) is 25.8 Å². The van der Waals surface area contributed by atoms with Gasteiger partial charge in [0.25, 0.3) is 0 Å². The summed E-state index contributed by atoms with van der Waals surface area (Å²) >= 11 is 3.53. The summed E-state index contributed by atoms with van der Waals surface area (Å²) in [7, 11) is 0. The van der Waals surface area contributed by atoms with Crippen molar-refractivity contribution in [3.05, 3.63) is 49.9 Å². The topological polar surface area (TPSA) is 49.3 Å². The Labute approximate surface area is 157 Å². The molecular formula is C20H25NO2S2. The molecular weight excluding hydrogens is 350 g/mol. The third-order valence-corrected chi connectivity index (χ3v) is 7.21. The summed E-state index contributed by atoms with van der Waals surface area (Å²) < 4.78 is 0. The third kappa shape index (κ3) is 3.89. The van der Waals surface area contributed by atoms with E-state index in [9.17, 15) is 9.90 Å². The number of thiophene rings is 2. The first-order valence-electron chi connectivity index (χ1n) is 8.77. The van der Waals surface area contributed by atoms with Crippen LogP contribution >= 0.6 is 22.7 Å². The molecule has 1 aliphatic rings. The molecule has 0 radical (unpaired) electrons. The SMILES string of the molecule is Cc1ccsc1C(=CCCC1(C(=O)O)CCCNC1)c1sccc1C. The monoisotopic (exact) mass is 375 g/mol. The molecule has 134 valence electrons. The molecule has 0 aromatic carbocycles. The van der Waals surface area contributed by atoms with Crippen LogP contribution in [-0.2, 0) is 4.79 Å². The molecule has 1 unspecified atom stereocenters. The van der Waals surface area contributed by atoms with E-state index >= 15 is 0 Å².